The lowest BCUT2D eigenvalue weighted by Gasteiger charge is -2.09. The van der Waals surface area contributed by atoms with E-state index in [-0.39, 0.29) is 0 Å². The maximum absolute atomic E-state index is 5.23. The zero-order chi connectivity index (χ0) is 15.1. The number of thioether (sulfide) groups is 1. The number of hydrogen-bond acceptors (Lipinski definition) is 6. The smallest absolute Gasteiger partial charge is 0.191 e. The molecule has 21 heavy (non-hydrogen) atoms. The Morgan fingerprint density at radius 1 is 1.19 bits per heavy atom. The van der Waals surface area contributed by atoms with E-state index in [9.17, 15) is 0 Å². The second kappa shape index (κ2) is 7.73. The Morgan fingerprint density at radius 2 is 2.00 bits per heavy atom. The predicted octanol–water partition coefficient (Wildman–Crippen LogP) is 2.90. The SMILES string of the molecule is CNc1cc(NCCc2cccc(OC)c2)nc(SC)n1. The fraction of sp³-hybridized carbons (Fsp3) is 0.333. The summed E-state index contributed by atoms with van der Waals surface area (Å²) < 4.78 is 5.23. The highest BCUT2D eigenvalue weighted by Crippen LogP contribution is 2.17. The lowest BCUT2D eigenvalue weighted by molar-refractivity contribution is 0.414. The first-order valence-electron chi connectivity index (χ1n) is 6.72. The van der Waals surface area contributed by atoms with E-state index >= 15 is 0 Å². The monoisotopic (exact) mass is 304 g/mol. The molecule has 5 nitrogen and oxygen atoms in total. The fourth-order valence-corrected chi connectivity index (χ4v) is 2.28. The van der Waals surface area contributed by atoms with Crippen molar-refractivity contribution in [2.45, 2.75) is 11.6 Å². The highest BCUT2D eigenvalue weighted by molar-refractivity contribution is 7.98. The maximum Gasteiger partial charge on any atom is 0.191 e. The van der Waals surface area contributed by atoms with Crippen LogP contribution >= 0.6 is 11.8 Å². The summed E-state index contributed by atoms with van der Waals surface area (Å²) in [5.41, 5.74) is 1.23. The number of hydrogen-bond donors (Lipinski definition) is 2. The zero-order valence-electron chi connectivity index (χ0n) is 12.5. The van der Waals surface area contributed by atoms with Crippen LogP contribution in [-0.2, 0) is 6.42 Å². The van der Waals surface area contributed by atoms with Crippen LogP contribution in [0.15, 0.2) is 35.5 Å². The number of ether oxygens (including phenoxy) is 1. The van der Waals surface area contributed by atoms with Crippen molar-refractivity contribution in [2.24, 2.45) is 0 Å². The fourth-order valence-electron chi connectivity index (χ4n) is 1.90. The number of aromatic nitrogens is 2. The Morgan fingerprint density at radius 3 is 2.71 bits per heavy atom. The molecule has 6 heteroatoms. The van der Waals surface area contributed by atoms with Crippen LogP contribution in [0.3, 0.4) is 0 Å². The minimum absolute atomic E-state index is 0.755. The van der Waals surface area contributed by atoms with E-state index in [1.54, 1.807) is 7.11 Å². The molecule has 2 N–H and O–H groups in total. The summed E-state index contributed by atoms with van der Waals surface area (Å²) in [5.74, 6) is 2.54. The molecule has 0 unspecified atom stereocenters. The van der Waals surface area contributed by atoms with Gasteiger partial charge in [0.15, 0.2) is 5.16 Å². The summed E-state index contributed by atoms with van der Waals surface area (Å²) in [4.78, 5) is 8.78. The molecular formula is C15H20N4OS. The average Bonchev–Trinajstić information content (AvgIpc) is 2.54. The third kappa shape index (κ3) is 4.53. The topological polar surface area (TPSA) is 59.1 Å². The first-order valence-corrected chi connectivity index (χ1v) is 7.95. The summed E-state index contributed by atoms with van der Waals surface area (Å²) in [6, 6.07) is 10.0. The van der Waals surface area contributed by atoms with Gasteiger partial charge < -0.3 is 15.4 Å². The Balaban J connectivity index is 1.96. The Labute approximate surface area is 129 Å². The molecule has 2 rings (SSSR count). The lowest BCUT2D eigenvalue weighted by Crippen LogP contribution is -2.08. The molecule has 0 atom stereocenters. The van der Waals surface area contributed by atoms with Crippen LogP contribution < -0.4 is 15.4 Å². The molecule has 0 amide bonds. The second-order valence-corrected chi connectivity index (χ2v) is 5.18. The number of nitrogens with zero attached hydrogens (tertiary/aromatic N) is 2. The molecule has 0 spiro atoms. The number of methoxy groups -OCH3 is 1. The van der Waals surface area contributed by atoms with E-state index in [1.165, 1.54) is 17.3 Å². The van der Waals surface area contributed by atoms with Gasteiger partial charge in [-0.1, -0.05) is 23.9 Å². The molecule has 0 bridgehead atoms. The maximum atomic E-state index is 5.23. The van der Waals surface area contributed by atoms with Crippen molar-refractivity contribution in [1.82, 2.24) is 9.97 Å². The van der Waals surface area contributed by atoms with Crippen LogP contribution in [0.4, 0.5) is 11.6 Å². The Bertz CT molecular complexity index is 569. The third-order valence-corrected chi connectivity index (χ3v) is 3.55. The minimum Gasteiger partial charge on any atom is -0.497 e. The average molecular weight is 304 g/mol. The van der Waals surface area contributed by atoms with E-state index in [2.05, 4.69) is 26.7 Å². The summed E-state index contributed by atoms with van der Waals surface area (Å²) >= 11 is 1.53. The molecule has 112 valence electrons. The third-order valence-electron chi connectivity index (χ3n) is 3.00. The van der Waals surface area contributed by atoms with Crippen LogP contribution in [0.2, 0.25) is 0 Å². The largest absolute Gasteiger partial charge is 0.497 e. The zero-order valence-corrected chi connectivity index (χ0v) is 13.3. The highest BCUT2D eigenvalue weighted by atomic mass is 32.2. The molecule has 1 aromatic carbocycles. The molecule has 0 fully saturated rings. The summed E-state index contributed by atoms with van der Waals surface area (Å²) in [5, 5.41) is 7.13. The molecule has 0 aliphatic heterocycles. The van der Waals surface area contributed by atoms with Gasteiger partial charge in [0.2, 0.25) is 0 Å². The van der Waals surface area contributed by atoms with Crippen molar-refractivity contribution in [1.29, 1.82) is 0 Å². The standard InChI is InChI=1S/C15H20N4OS/c1-16-13-10-14(19-15(18-13)21-3)17-8-7-11-5-4-6-12(9-11)20-2/h4-6,9-10H,7-8H2,1-3H3,(H2,16,17,18,19). The number of rotatable bonds is 7. The van der Waals surface area contributed by atoms with Gasteiger partial charge in [0.1, 0.15) is 17.4 Å². The van der Waals surface area contributed by atoms with E-state index in [0.717, 1.165) is 35.5 Å². The van der Waals surface area contributed by atoms with Gasteiger partial charge in [0, 0.05) is 19.7 Å². The van der Waals surface area contributed by atoms with Crippen molar-refractivity contribution in [3.05, 3.63) is 35.9 Å². The van der Waals surface area contributed by atoms with Crippen molar-refractivity contribution in [3.8, 4) is 5.75 Å². The molecule has 0 saturated carbocycles. The number of nitrogens with one attached hydrogen (secondary N) is 2. The van der Waals surface area contributed by atoms with Crippen molar-refractivity contribution < 1.29 is 4.74 Å². The van der Waals surface area contributed by atoms with E-state index in [0.29, 0.717) is 0 Å². The van der Waals surface area contributed by atoms with Gasteiger partial charge in [0.05, 0.1) is 7.11 Å². The van der Waals surface area contributed by atoms with E-state index in [1.807, 2.05) is 37.6 Å². The molecule has 0 radical (unpaired) electrons. The van der Waals surface area contributed by atoms with Crippen LogP contribution in [0.1, 0.15) is 5.56 Å². The number of benzene rings is 1. The van der Waals surface area contributed by atoms with Gasteiger partial charge in [-0.15, -0.1) is 0 Å². The van der Waals surface area contributed by atoms with Crippen LogP contribution in [0.5, 0.6) is 5.75 Å². The van der Waals surface area contributed by atoms with E-state index in [4.69, 9.17) is 4.74 Å². The summed E-state index contributed by atoms with van der Waals surface area (Å²) in [6.45, 7) is 0.807. The van der Waals surface area contributed by atoms with Gasteiger partial charge in [-0.2, -0.15) is 0 Å². The van der Waals surface area contributed by atoms with Crippen molar-refractivity contribution in [3.63, 3.8) is 0 Å². The molecule has 1 heterocycles. The first-order chi connectivity index (χ1) is 10.2. The van der Waals surface area contributed by atoms with Gasteiger partial charge >= 0.3 is 0 Å². The Kier molecular flexibility index (Phi) is 5.68. The number of anilines is 2. The minimum atomic E-state index is 0.755. The molecule has 0 aliphatic rings. The highest BCUT2D eigenvalue weighted by Gasteiger charge is 2.03. The molecule has 0 saturated heterocycles. The summed E-state index contributed by atoms with van der Waals surface area (Å²) in [6.07, 6.45) is 2.87. The van der Waals surface area contributed by atoms with Gasteiger partial charge in [-0.05, 0) is 30.4 Å². The molecule has 0 aliphatic carbocycles. The lowest BCUT2D eigenvalue weighted by atomic mass is 10.1. The van der Waals surface area contributed by atoms with Crippen LogP contribution in [-0.4, -0.2) is 36.9 Å². The van der Waals surface area contributed by atoms with Crippen molar-refractivity contribution >= 4 is 23.4 Å². The Hall–Kier alpha value is -1.95. The predicted molar refractivity (Wildman–Crippen MR) is 88.5 cm³/mol. The van der Waals surface area contributed by atoms with Crippen molar-refractivity contribution in [2.75, 3.05) is 37.6 Å². The van der Waals surface area contributed by atoms with E-state index < -0.39 is 0 Å². The molecular weight excluding hydrogens is 284 g/mol. The van der Waals surface area contributed by atoms with Crippen LogP contribution in [0.25, 0.3) is 0 Å². The normalized spacial score (nSPS) is 10.2. The molecule has 2 aromatic rings. The van der Waals surface area contributed by atoms with Gasteiger partial charge in [-0.25, -0.2) is 9.97 Å². The molecule has 1 aromatic heterocycles. The van der Waals surface area contributed by atoms with Gasteiger partial charge in [0.25, 0.3) is 0 Å². The van der Waals surface area contributed by atoms with Gasteiger partial charge in [-0.3, -0.25) is 0 Å². The quantitative estimate of drug-likeness (QED) is 0.606. The van der Waals surface area contributed by atoms with Crippen LogP contribution in [0, 0.1) is 0 Å². The summed E-state index contributed by atoms with van der Waals surface area (Å²) in [7, 11) is 3.54. The first kappa shape index (κ1) is 15.4. The second-order valence-electron chi connectivity index (χ2n) is 4.40.